The Labute approximate surface area is 460 Å². The Hall–Kier alpha value is -1.80. The van der Waals surface area contributed by atoms with Gasteiger partial charge >= 0.3 is 7.82 Å². The third-order valence-corrected chi connectivity index (χ3v) is 15.2. The van der Waals surface area contributed by atoms with Crippen LogP contribution in [0.5, 0.6) is 0 Å². The van der Waals surface area contributed by atoms with Gasteiger partial charge in [-0.25, -0.2) is 4.57 Å². The van der Waals surface area contributed by atoms with Crippen LogP contribution in [-0.2, 0) is 18.4 Å². The third-order valence-electron chi connectivity index (χ3n) is 14.2. The second-order valence-corrected chi connectivity index (χ2v) is 24.2. The van der Waals surface area contributed by atoms with Gasteiger partial charge in [-0.3, -0.25) is 13.8 Å². The molecule has 0 saturated carbocycles. The number of nitrogens with one attached hydrogen (secondary N) is 1. The Morgan fingerprint density at radius 3 is 1.16 bits per heavy atom. The number of amides is 1. The van der Waals surface area contributed by atoms with E-state index >= 15 is 0 Å². The van der Waals surface area contributed by atoms with E-state index in [9.17, 15) is 19.4 Å². The van der Waals surface area contributed by atoms with Crippen LogP contribution in [0, 0.1) is 0 Å². The van der Waals surface area contributed by atoms with Crippen molar-refractivity contribution in [3.05, 3.63) is 60.8 Å². The first kappa shape index (κ1) is 72.2. The molecule has 0 heterocycles. The first-order valence-electron chi connectivity index (χ1n) is 31.7. The van der Waals surface area contributed by atoms with Crippen molar-refractivity contribution in [3.8, 4) is 0 Å². The molecule has 0 aliphatic heterocycles. The Morgan fingerprint density at radius 1 is 0.459 bits per heavy atom. The van der Waals surface area contributed by atoms with Gasteiger partial charge in [0.15, 0.2) is 0 Å². The molecule has 3 N–H and O–H groups in total. The standard InChI is InChI=1S/C65H123N2O6P/c1-6-8-10-12-14-16-18-20-22-24-26-28-30-31-32-33-34-35-37-39-41-43-45-47-49-51-53-55-57-59-65(69)66-63(62-73-74(70,71)72-61-60-67(3,4)5)64(68)58-56-54-52-50-48-46-44-42-40-38-36-29-27-25-23-21-19-17-15-13-11-9-7-2/h26,28,31-32,40,42,48,50,56,58,63-64,68H,6-25,27,29-30,33-39,41,43-47,49,51-55,57,59-62H2,1-5H3,(H-,66,69,70,71)/p+1/b28-26-,32-31-,42-40+,50-48+,58-56+. The molecule has 0 bridgehead atoms. The van der Waals surface area contributed by atoms with Gasteiger partial charge in [0.2, 0.25) is 5.91 Å². The van der Waals surface area contributed by atoms with E-state index < -0.39 is 20.0 Å². The van der Waals surface area contributed by atoms with E-state index in [1.807, 2.05) is 27.2 Å². The van der Waals surface area contributed by atoms with Gasteiger partial charge in [0.25, 0.3) is 0 Å². The Bertz CT molecular complexity index is 1390. The number of carbonyl (C=O) groups is 1. The maximum absolute atomic E-state index is 13.0. The monoisotopic (exact) mass is 1060 g/mol. The van der Waals surface area contributed by atoms with Crippen LogP contribution in [0.25, 0.3) is 0 Å². The fourth-order valence-corrected chi connectivity index (χ4v) is 9.96. The van der Waals surface area contributed by atoms with Gasteiger partial charge in [-0.1, -0.05) is 274 Å². The minimum absolute atomic E-state index is 0.0523. The summed E-state index contributed by atoms with van der Waals surface area (Å²) >= 11 is 0. The van der Waals surface area contributed by atoms with Gasteiger partial charge in [-0.05, 0) is 77.0 Å². The molecule has 0 fully saturated rings. The van der Waals surface area contributed by atoms with Crippen molar-refractivity contribution >= 4 is 13.7 Å². The van der Waals surface area contributed by atoms with Crippen LogP contribution in [0.15, 0.2) is 60.8 Å². The summed E-state index contributed by atoms with van der Waals surface area (Å²) in [5.41, 5.74) is 0. The van der Waals surface area contributed by atoms with Gasteiger partial charge in [0.05, 0.1) is 39.9 Å². The number of phosphoric ester groups is 1. The van der Waals surface area contributed by atoms with Crippen LogP contribution < -0.4 is 5.32 Å². The number of carbonyl (C=O) groups excluding carboxylic acids is 1. The van der Waals surface area contributed by atoms with E-state index in [-0.39, 0.29) is 19.1 Å². The molecule has 0 saturated heterocycles. The number of allylic oxidation sites excluding steroid dienone is 9. The highest BCUT2D eigenvalue weighted by atomic mass is 31.2. The van der Waals surface area contributed by atoms with Crippen molar-refractivity contribution in [1.82, 2.24) is 5.32 Å². The molecule has 3 atom stereocenters. The largest absolute Gasteiger partial charge is 0.472 e. The predicted octanol–water partition coefficient (Wildman–Crippen LogP) is 19.7. The molecular formula is C65H124N2O6P+. The number of aliphatic hydroxyl groups excluding tert-OH is 1. The second-order valence-electron chi connectivity index (χ2n) is 22.8. The Morgan fingerprint density at radius 2 is 0.784 bits per heavy atom. The molecule has 0 rings (SSSR count). The lowest BCUT2D eigenvalue weighted by Crippen LogP contribution is -2.45. The van der Waals surface area contributed by atoms with Crippen molar-refractivity contribution in [2.75, 3.05) is 40.9 Å². The first-order valence-corrected chi connectivity index (χ1v) is 33.2. The molecule has 0 aromatic heterocycles. The van der Waals surface area contributed by atoms with Crippen LogP contribution in [0.4, 0.5) is 0 Å². The minimum Gasteiger partial charge on any atom is -0.387 e. The van der Waals surface area contributed by atoms with E-state index in [2.05, 4.69) is 67.8 Å². The Kier molecular flexibility index (Phi) is 54.6. The zero-order valence-electron chi connectivity index (χ0n) is 49.6. The second kappa shape index (κ2) is 55.9. The van der Waals surface area contributed by atoms with Crippen LogP contribution in [0.3, 0.4) is 0 Å². The molecule has 8 nitrogen and oxygen atoms in total. The number of nitrogens with zero attached hydrogens (tertiary/aromatic N) is 1. The highest BCUT2D eigenvalue weighted by Crippen LogP contribution is 2.43. The number of unbranched alkanes of at least 4 members (excludes halogenated alkanes) is 37. The average molecular weight is 1060 g/mol. The van der Waals surface area contributed by atoms with Crippen LogP contribution in [0.2, 0.25) is 0 Å². The van der Waals surface area contributed by atoms with Crippen LogP contribution >= 0.6 is 7.82 Å². The summed E-state index contributed by atoms with van der Waals surface area (Å²) < 4.78 is 23.7. The molecule has 3 unspecified atom stereocenters. The number of phosphoric acid groups is 1. The molecule has 1 amide bonds. The maximum Gasteiger partial charge on any atom is 0.472 e. The molecular weight excluding hydrogens is 936 g/mol. The molecule has 0 aliphatic carbocycles. The van der Waals surface area contributed by atoms with E-state index in [1.54, 1.807) is 6.08 Å². The van der Waals surface area contributed by atoms with Gasteiger partial charge in [0, 0.05) is 6.42 Å². The number of hydrogen-bond donors (Lipinski definition) is 3. The van der Waals surface area contributed by atoms with E-state index in [0.29, 0.717) is 17.4 Å². The van der Waals surface area contributed by atoms with Crippen LogP contribution in [0.1, 0.15) is 296 Å². The van der Waals surface area contributed by atoms with Crippen molar-refractivity contribution in [3.63, 3.8) is 0 Å². The maximum atomic E-state index is 13.0. The topological polar surface area (TPSA) is 105 Å². The molecule has 0 aliphatic rings. The summed E-state index contributed by atoms with van der Waals surface area (Å²) in [6, 6.07) is -0.873. The smallest absolute Gasteiger partial charge is 0.387 e. The highest BCUT2D eigenvalue weighted by Gasteiger charge is 2.27. The zero-order valence-corrected chi connectivity index (χ0v) is 50.5. The Balaban J connectivity index is 4.20. The van der Waals surface area contributed by atoms with Crippen LogP contribution in [-0.4, -0.2) is 73.4 Å². The van der Waals surface area contributed by atoms with E-state index in [4.69, 9.17) is 9.05 Å². The van der Waals surface area contributed by atoms with E-state index in [1.165, 1.54) is 225 Å². The molecule has 434 valence electrons. The normalized spacial score (nSPS) is 14.2. The van der Waals surface area contributed by atoms with Gasteiger partial charge in [0.1, 0.15) is 13.2 Å². The first-order chi connectivity index (χ1) is 36.0. The zero-order chi connectivity index (χ0) is 54.2. The molecule has 9 heteroatoms. The quantitative estimate of drug-likeness (QED) is 0.0243. The van der Waals surface area contributed by atoms with Crippen molar-refractivity contribution < 1.29 is 32.9 Å². The van der Waals surface area contributed by atoms with Crippen molar-refractivity contribution in [2.24, 2.45) is 0 Å². The fourth-order valence-electron chi connectivity index (χ4n) is 9.22. The summed E-state index contributed by atoms with van der Waals surface area (Å²) in [6.07, 6.45) is 76.3. The summed E-state index contributed by atoms with van der Waals surface area (Å²) in [7, 11) is 1.55. The minimum atomic E-state index is -4.36. The van der Waals surface area contributed by atoms with Crippen molar-refractivity contribution in [2.45, 2.75) is 309 Å². The van der Waals surface area contributed by atoms with Crippen molar-refractivity contribution in [1.29, 1.82) is 0 Å². The summed E-state index contributed by atoms with van der Waals surface area (Å²) in [6.45, 7) is 4.82. The summed E-state index contributed by atoms with van der Waals surface area (Å²) in [5, 5.41) is 13.9. The SMILES string of the molecule is CCCCCCCCCCC/C=C\C/C=C\CCCCCCCCCCCCCCCC(=O)NC(COP(=O)(O)OCC[N+](C)(C)C)C(O)/C=C/CC/C=C/CC/C=C/CCCCCCCCCCCCCCC. The van der Waals surface area contributed by atoms with Gasteiger partial charge in [-0.15, -0.1) is 0 Å². The summed E-state index contributed by atoms with van der Waals surface area (Å²) in [4.78, 5) is 23.3. The van der Waals surface area contributed by atoms with Gasteiger partial charge < -0.3 is 19.8 Å². The lowest BCUT2D eigenvalue weighted by atomic mass is 10.0. The third kappa shape index (κ3) is 57.9. The lowest BCUT2D eigenvalue weighted by molar-refractivity contribution is -0.870. The average Bonchev–Trinajstić information content (AvgIpc) is 3.36. The highest BCUT2D eigenvalue weighted by molar-refractivity contribution is 7.47. The molecule has 0 radical (unpaired) electrons. The van der Waals surface area contributed by atoms with Gasteiger partial charge in [-0.2, -0.15) is 0 Å². The molecule has 0 spiro atoms. The fraction of sp³-hybridized carbons (Fsp3) is 0.831. The molecule has 0 aromatic rings. The number of quaternary nitrogens is 1. The number of aliphatic hydroxyl groups is 1. The number of likely N-dealkylation sites (N-methyl/N-ethyl adjacent to an activating group) is 1. The summed E-state index contributed by atoms with van der Waals surface area (Å²) in [5.74, 6) is -0.190. The molecule has 74 heavy (non-hydrogen) atoms. The lowest BCUT2D eigenvalue weighted by Gasteiger charge is -2.25. The molecule has 0 aromatic carbocycles. The predicted molar refractivity (Wildman–Crippen MR) is 323 cm³/mol. The number of hydrogen-bond acceptors (Lipinski definition) is 5. The van der Waals surface area contributed by atoms with E-state index in [0.717, 1.165) is 51.4 Å². The number of rotatable bonds is 58.